The normalized spacial score (nSPS) is 11.2. The van der Waals surface area contributed by atoms with Crippen molar-refractivity contribution in [2.24, 2.45) is 10.2 Å². The van der Waals surface area contributed by atoms with Crippen molar-refractivity contribution in [2.45, 2.75) is 12.8 Å². The highest BCUT2D eigenvalue weighted by Crippen LogP contribution is 2.37. The molecule has 3 aromatic rings. The number of nitrogens with zero attached hydrogens (tertiary/aromatic N) is 3. The molecule has 0 radical (unpaired) electrons. The molecule has 2 aromatic carbocycles. The number of nitro benzene ring substituents is 1. The Morgan fingerprint density at radius 1 is 1.24 bits per heavy atom. The molecule has 0 atom stereocenters. The second kappa shape index (κ2) is 8.89. The Balaban J connectivity index is 1.59. The number of hydrogen-bond acceptors (Lipinski definition) is 6. The number of rotatable bonds is 7. The molecule has 2 N–H and O–H groups in total. The van der Waals surface area contributed by atoms with Crippen LogP contribution in [-0.4, -0.2) is 27.5 Å². The van der Waals surface area contributed by atoms with Crippen LogP contribution in [0.15, 0.2) is 46.6 Å². The number of carbonyl (C=O) groups is 1. The van der Waals surface area contributed by atoms with Crippen LogP contribution in [-0.2, 0) is 4.79 Å². The van der Waals surface area contributed by atoms with E-state index < -0.39 is 10.8 Å². The summed E-state index contributed by atoms with van der Waals surface area (Å²) in [6.07, 6.45) is 0.417. The summed E-state index contributed by atoms with van der Waals surface area (Å²) in [7, 11) is 0. The van der Waals surface area contributed by atoms with Gasteiger partial charge in [-0.15, -0.1) is 10.2 Å². The van der Waals surface area contributed by atoms with Gasteiger partial charge in [0, 0.05) is 29.0 Å². The van der Waals surface area contributed by atoms with Gasteiger partial charge in [0.1, 0.15) is 5.75 Å². The third kappa shape index (κ3) is 5.01. The van der Waals surface area contributed by atoms with Gasteiger partial charge in [0.15, 0.2) is 5.69 Å². The number of aromatic amines is 1. The van der Waals surface area contributed by atoms with Crippen LogP contribution in [0.5, 0.6) is 11.6 Å². The number of H-pyrrole nitrogens is 1. The molecule has 0 aliphatic heterocycles. The molecule has 0 unspecified atom stereocenters. The van der Waals surface area contributed by atoms with E-state index in [1.807, 2.05) is 0 Å². The van der Waals surface area contributed by atoms with E-state index in [1.54, 1.807) is 18.2 Å². The van der Waals surface area contributed by atoms with Crippen LogP contribution in [0.3, 0.4) is 0 Å². The Hall–Kier alpha value is -3.17. The molecule has 1 aromatic heterocycles. The Kier molecular flexibility index (Phi) is 6.30. The van der Waals surface area contributed by atoms with Crippen molar-refractivity contribution in [3.8, 4) is 11.6 Å². The van der Waals surface area contributed by atoms with Crippen LogP contribution in [0.25, 0.3) is 10.9 Å². The van der Waals surface area contributed by atoms with Gasteiger partial charge in [-0.1, -0.05) is 23.2 Å². The van der Waals surface area contributed by atoms with E-state index in [0.29, 0.717) is 27.7 Å². The highest BCUT2D eigenvalue weighted by atomic mass is 35.5. The number of carbonyl (C=O) groups excluding carboxylic acids is 1. The summed E-state index contributed by atoms with van der Waals surface area (Å²) in [5.74, 6) is -0.414. The van der Waals surface area contributed by atoms with Gasteiger partial charge in [0.25, 0.3) is 11.6 Å². The number of halogens is 2. The number of benzene rings is 2. The van der Waals surface area contributed by atoms with Crippen LogP contribution in [0.1, 0.15) is 12.8 Å². The fourth-order valence-electron chi connectivity index (χ4n) is 2.52. The SMILES string of the molecule is O=C(CCCOc1ccc(Cl)cc1Cl)N=Nc1c(O)[nH]c2ccc([N+](=O)[O-])cc12. The number of amides is 1. The minimum absolute atomic E-state index is 0.0405. The zero-order valence-electron chi connectivity index (χ0n) is 14.8. The zero-order chi connectivity index (χ0) is 21.0. The molecule has 0 saturated heterocycles. The number of nitrogens with one attached hydrogen (secondary N) is 1. The lowest BCUT2D eigenvalue weighted by atomic mass is 10.2. The van der Waals surface area contributed by atoms with E-state index in [2.05, 4.69) is 15.2 Å². The van der Waals surface area contributed by atoms with Crippen LogP contribution in [0, 0.1) is 10.1 Å². The molecule has 0 aliphatic rings. The Morgan fingerprint density at radius 3 is 2.76 bits per heavy atom. The minimum Gasteiger partial charge on any atom is -0.493 e. The first-order chi connectivity index (χ1) is 13.8. The average molecular weight is 437 g/mol. The van der Waals surface area contributed by atoms with Crippen molar-refractivity contribution >= 4 is 51.4 Å². The number of ether oxygens (including phenoxy) is 1. The maximum absolute atomic E-state index is 11.9. The monoisotopic (exact) mass is 436 g/mol. The van der Waals surface area contributed by atoms with E-state index >= 15 is 0 Å². The number of fused-ring (bicyclic) bond motifs is 1. The first-order valence-corrected chi connectivity index (χ1v) is 9.12. The molecule has 9 nitrogen and oxygen atoms in total. The Morgan fingerprint density at radius 2 is 2.03 bits per heavy atom. The number of hydrogen-bond donors (Lipinski definition) is 2. The first kappa shape index (κ1) is 20.6. The molecule has 3 rings (SSSR count). The Bertz CT molecular complexity index is 1110. The Labute approximate surface area is 174 Å². The van der Waals surface area contributed by atoms with Gasteiger partial charge in [0.2, 0.25) is 5.88 Å². The van der Waals surface area contributed by atoms with Crippen LogP contribution < -0.4 is 4.74 Å². The number of aromatic nitrogens is 1. The van der Waals surface area contributed by atoms with Crippen molar-refractivity contribution in [3.63, 3.8) is 0 Å². The molecule has 0 bridgehead atoms. The fraction of sp³-hybridized carbons (Fsp3) is 0.167. The molecule has 0 saturated carbocycles. The van der Waals surface area contributed by atoms with E-state index in [4.69, 9.17) is 27.9 Å². The van der Waals surface area contributed by atoms with Crippen molar-refractivity contribution < 1.29 is 19.6 Å². The van der Waals surface area contributed by atoms with Crippen LogP contribution in [0.2, 0.25) is 10.0 Å². The molecule has 1 amide bonds. The van der Waals surface area contributed by atoms with Gasteiger partial charge in [-0.05, 0) is 30.7 Å². The quantitative estimate of drug-likeness (QED) is 0.216. The van der Waals surface area contributed by atoms with Crippen molar-refractivity contribution in [2.75, 3.05) is 6.61 Å². The lowest BCUT2D eigenvalue weighted by Gasteiger charge is -2.07. The third-order valence-electron chi connectivity index (χ3n) is 3.89. The number of nitro groups is 1. The van der Waals surface area contributed by atoms with Gasteiger partial charge < -0.3 is 14.8 Å². The molecule has 11 heteroatoms. The summed E-state index contributed by atoms with van der Waals surface area (Å²) >= 11 is 11.8. The minimum atomic E-state index is -0.567. The zero-order valence-corrected chi connectivity index (χ0v) is 16.3. The summed E-state index contributed by atoms with van der Waals surface area (Å²) in [6, 6.07) is 8.79. The maximum atomic E-state index is 11.9. The van der Waals surface area contributed by atoms with Crippen LogP contribution in [0.4, 0.5) is 11.4 Å². The molecule has 0 aliphatic carbocycles. The van der Waals surface area contributed by atoms with E-state index in [9.17, 15) is 20.0 Å². The predicted octanol–water partition coefficient (Wildman–Crippen LogP) is 5.56. The van der Waals surface area contributed by atoms with Gasteiger partial charge in [-0.3, -0.25) is 14.9 Å². The summed E-state index contributed by atoms with van der Waals surface area (Å²) in [5.41, 5.74) is 0.223. The summed E-state index contributed by atoms with van der Waals surface area (Å²) in [5, 5.41) is 29.3. The standard InChI is InChI=1S/C18H14Cl2N4O5/c19-10-3-6-15(13(20)8-10)29-7-1-2-16(25)22-23-17-12-9-11(24(27)28)4-5-14(12)21-18(17)26/h3-6,8-9,21,26H,1-2,7H2. The van der Waals surface area contributed by atoms with E-state index in [-0.39, 0.29) is 35.7 Å². The van der Waals surface area contributed by atoms with Crippen molar-refractivity contribution in [1.29, 1.82) is 0 Å². The highest BCUT2D eigenvalue weighted by molar-refractivity contribution is 6.35. The summed E-state index contributed by atoms with van der Waals surface area (Å²) in [6.45, 7) is 0.229. The largest absolute Gasteiger partial charge is 0.493 e. The number of non-ortho nitro benzene ring substituents is 1. The molecule has 29 heavy (non-hydrogen) atoms. The molecule has 150 valence electrons. The van der Waals surface area contributed by atoms with Gasteiger partial charge in [-0.2, -0.15) is 0 Å². The molecular formula is C18H14Cl2N4O5. The topological polar surface area (TPSA) is 130 Å². The lowest BCUT2D eigenvalue weighted by molar-refractivity contribution is -0.384. The predicted molar refractivity (Wildman–Crippen MR) is 107 cm³/mol. The highest BCUT2D eigenvalue weighted by Gasteiger charge is 2.15. The van der Waals surface area contributed by atoms with Gasteiger partial charge >= 0.3 is 0 Å². The van der Waals surface area contributed by atoms with Crippen LogP contribution >= 0.6 is 23.2 Å². The smallest absolute Gasteiger partial charge is 0.270 e. The average Bonchev–Trinajstić information content (AvgIpc) is 2.99. The molecule has 0 spiro atoms. The molecular weight excluding hydrogens is 423 g/mol. The lowest BCUT2D eigenvalue weighted by Crippen LogP contribution is -2.01. The van der Waals surface area contributed by atoms with E-state index in [1.165, 1.54) is 18.2 Å². The number of aromatic hydroxyl groups is 1. The summed E-state index contributed by atoms with van der Waals surface area (Å²) < 4.78 is 5.48. The number of azo groups is 1. The second-order valence-corrected chi connectivity index (χ2v) is 6.77. The van der Waals surface area contributed by atoms with Gasteiger partial charge in [-0.25, -0.2) is 0 Å². The molecule has 1 heterocycles. The summed E-state index contributed by atoms with van der Waals surface area (Å²) in [4.78, 5) is 24.9. The first-order valence-electron chi connectivity index (χ1n) is 8.36. The van der Waals surface area contributed by atoms with E-state index in [0.717, 1.165) is 0 Å². The fourth-order valence-corrected chi connectivity index (χ4v) is 2.98. The molecule has 0 fully saturated rings. The van der Waals surface area contributed by atoms with Crippen molar-refractivity contribution in [1.82, 2.24) is 4.98 Å². The van der Waals surface area contributed by atoms with Crippen molar-refractivity contribution in [3.05, 3.63) is 56.6 Å². The third-order valence-corrected chi connectivity index (χ3v) is 4.42. The second-order valence-electron chi connectivity index (χ2n) is 5.93. The maximum Gasteiger partial charge on any atom is 0.270 e. The van der Waals surface area contributed by atoms with Gasteiger partial charge in [0.05, 0.1) is 22.1 Å².